The molecule has 0 spiro atoms. The second-order valence-electron chi connectivity index (χ2n) is 11.8. The molecule has 226 valence electrons. The van der Waals surface area contributed by atoms with Crippen molar-refractivity contribution in [3.8, 4) is 0 Å². The summed E-state index contributed by atoms with van der Waals surface area (Å²) in [6.07, 6.45) is 3.56. The van der Waals surface area contributed by atoms with Gasteiger partial charge in [-0.05, 0) is 56.6 Å². The number of carboxylic acids is 3. The lowest BCUT2D eigenvalue weighted by atomic mass is 9.60. The minimum Gasteiger partial charge on any atom is -0.481 e. The lowest BCUT2D eigenvalue weighted by molar-refractivity contribution is -0.168. The quantitative estimate of drug-likeness (QED) is 0.0831. The molecular formula is C27H48N2O8S2. The van der Waals surface area contributed by atoms with E-state index in [2.05, 4.69) is 35.9 Å². The standard InChI is InChI=1S/C27H48N2O8S2/c1-16(2)20(22(31)29-13-12-28-19(30)10-8-7-9-17(39)11-14-38)18(23(32)33)15-26(3,4)21(24(34)35)27(5,6)25(36)37/h16-18,20-21,38-39H,7-15H2,1-6H3,(H,28,30)(H,29,31)(H,32,33)(H,34,35)(H,36,37). The Morgan fingerprint density at radius 3 is 1.87 bits per heavy atom. The third-order valence-electron chi connectivity index (χ3n) is 7.22. The van der Waals surface area contributed by atoms with Crippen LogP contribution in [0.3, 0.4) is 0 Å². The molecule has 2 amide bonds. The number of thiol groups is 2. The summed E-state index contributed by atoms with van der Waals surface area (Å²) in [4.78, 5) is 61.4. The van der Waals surface area contributed by atoms with Crippen LogP contribution in [-0.4, -0.2) is 69.1 Å². The Balaban J connectivity index is 5.24. The highest BCUT2D eigenvalue weighted by Crippen LogP contribution is 2.46. The summed E-state index contributed by atoms with van der Waals surface area (Å²) in [6, 6.07) is 0. The van der Waals surface area contributed by atoms with Crippen LogP contribution in [0.5, 0.6) is 0 Å². The average molecular weight is 593 g/mol. The van der Waals surface area contributed by atoms with Gasteiger partial charge in [-0.25, -0.2) is 0 Å². The van der Waals surface area contributed by atoms with Crippen molar-refractivity contribution in [2.45, 2.75) is 85.3 Å². The molecule has 0 heterocycles. The maximum absolute atomic E-state index is 13.1. The van der Waals surface area contributed by atoms with Crippen LogP contribution >= 0.6 is 25.3 Å². The van der Waals surface area contributed by atoms with E-state index in [0.717, 1.165) is 31.4 Å². The zero-order valence-electron chi connectivity index (χ0n) is 24.0. The lowest BCUT2D eigenvalue weighted by Crippen LogP contribution is -2.49. The van der Waals surface area contributed by atoms with Gasteiger partial charge in [-0.3, -0.25) is 24.0 Å². The zero-order chi connectivity index (χ0) is 30.6. The Morgan fingerprint density at radius 2 is 1.41 bits per heavy atom. The summed E-state index contributed by atoms with van der Waals surface area (Å²) in [5, 5.41) is 35.3. The molecule has 0 aliphatic carbocycles. The van der Waals surface area contributed by atoms with Crippen LogP contribution in [-0.2, 0) is 24.0 Å². The molecule has 12 heteroatoms. The van der Waals surface area contributed by atoms with E-state index in [1.807, 2.05) is 0 Å². The highest BCUT2D eigenvalue weighted by Gasteiger charge is 2.52. The number of carbonyl (C=O) groups excluding carboxylic acids is 2. The summed E-state index contributed by atoms with van der Waals surface area (Å²) in [7, 11) is 0. The fourth-order valence-corrected chi connectivity index (χ4v) is 6.13. The van der Waals surface area contributed by atoms with Gasteiger partial charge in [-0.2, -0.15) is 25.3 Å². The second-order valence-corrected chi connectivity index (χ2v) is 12.9. The molecule has 4 unspecified atom stereocenters. The number of rotatable bonds is 20. The van der Waals surface area contributed by atoms with Gasteiger partial charge in [0.2, 0.25) is 11.8 Å². The molecule has 0 fully saturated rings. The van der Waals surface area contributed by atoms with Crippen molar-refractivity contribution in [3.05, 3.63) is 0 Å². The van der Waals surface area contributed by atoms with Gasteiger partial charge in [-0.15, -0.1) is 0 Å². The normalized spacial score (nSPS) is 15.2. The molecule has 0 radical (unpaired) electrons. The first-order valence-electron chi connectivity index (χ1n) is 13.4. The van der Waals surface area contributed by atoms with E-state index in [4.69, 9.17) is 0 Å². The maximum atomic E-state index is 13.1. The molecule has 4 atom stereocenters. The van der Waals surface area contributed by atoms with Gasteiger partial charge in [0.05, 0.1) is 23.2 Å². The summed E-state index contributed by atoms with van der Waals surface area (Å²) in [6.45, 7) is 9.34. The Kier molecular flexibility index (Phi) is 16.1. The highest BCUT2D eigenvalue weighted by molar-refractivity contribution is 7.81. The molecule has 0 aromatic carbocycles. The number of aliphatic carboxylic acids is 3. The largest absolute Gasteiger partial charge is 0.481 e. The lowest BCUT2D eigenvalue weighted by Gasteiger charge is -2.42. The zero-order valence-corrected chi connectivity index (χ0v) is 25.8. The second kappa shape index (κ2) is 17.0. The number of hydrogen-bond acceptors (Lipinski definition) is 7. The van der Waals surface area contributed by atoms with Crippen LogP contribution in [0, 0.1) is 34.5 Å². The fourth-order valence-electron chi connectivity index (χ4n) is 5.30. The van der Waals surface area contributed by atoms with Crippen molar-refractivity contribution in [3.63, 3.8) is 0 Å². The van der Waals surface area contributed by atoms with Gasteiger partial charge in [0.15, 0.2) is 0 Å². The van der Waals surface area contributed by atoms with Crippen LogP contribution in [0.25, 0.3) is 0 Å². The number of amides is 2. The third kappa shape index (κ3) is 12.4. The molecule has 0 rings (SSSR count). The first kappa shape index (κ1) is 37.0. The van der Waals surface area contributed by atoms with E-state index < -0.39 is 58.3 Å². The smallest absolute Gasteiger partial charge is 0.309 e. The molecule has 0 bridgehead atoms. The van der Waals surface area contributed by atoms with Crippen molar-refractivity contribution in [1.82, 2.24) is 10.6 Å². The Labute approximate surface area is 243 Å². The summed E-state index contributed by atoms with van der Waals surface area (Å²) in [5.74, 6) is -7.85. The highest BCUT2D eigenvalue weighted by atomic mass is 32.1. The molecule has 0 aliphatic rings. The van der Waals surface area contributed by atoms with E-state index in [1.165, 1.54) is 27.7 Å². The van der Waals surface area contributed by atoms with Crippen LogP contribution in [0.4, 0.5) is 0 Å². The number of carbonyl (C=O) groups is 5. The summed E-state index contributed by atoms with van der Waals surface area (Å²) < 4.78 is 0. The van der Waals surface area contributed by atoms with Crippen molar-refractivity contribution < 1.29 is 39.3 Å². The van der Waals surface area contributed by atoms with Crippen molar-refractivity contribution in [2.24, 2.45) is 34.5 Å². The third-order valence-corrected chi connectivity index (χ3v) is 7.99. The van der Waals surface area contributed by atoms with Crippen molar-refractivity contribution in [1.29, 1.82) is 0 Å². The molecule has 0 aliphatic heterocycles. The molecular weight excluding hydrogens is 544 g/mol. The van der Waals surface area contributed by atoms with Crippen LogP contribution in [0.1, 0.15) is 80.1 Å². The molecule has 10 nitrogen and oxygen atoms in total. The molecule has 0 aromatic rings. The van der Waals surface area contributed by atoms with E-state index in [0.29, 0.717) is 6.42 Å². The minimum atomic E-state index is -1.67. The predicted octanol–water partition coefficient (Wildman–Crippen LogP) is 3.60. The first-order valence-corrected chi connectivity index (χ1v) is 14.6. The Hall–Kier alpha value is -1.95. The van der Waals surface area contributed by atoms with Gasteiger partial charge < -0.3 is 26.0 Å². The van der Waals surface area contributed by atoms with E-state index in [-0.39, 0.29) is 30.7 Å². The van der Waals surface area contributed by atoms with E-state index in [1.54, 1.807) is 13.8 Å². The van der Waals surface area contributed by atoms with Gasteiger partial charge in [0.1, 0.15) is 0 Å². The minimum absolute atomic E-state index is 0.105. The predicted molar refractivity (Wildman–Crippen MR) is 156 cm³/mol. The SMILES string of the molecule is CC(C)C(C(=O)NCCNC(=O)CCCCC(S)CCS)C(CC(C)(C)C(C(=O)O)C(C)(C)C(=O)O)C(=O)O. The monoisotopic (exact) mass is 592 g/mol. The first-order chi connectivity index (χ1) is 17.9. The molecule has 5 N–H and O–H groups in total. The van der Waals surface area contributed by atoms with Crippen molar-refractivity contribution in [2.75, 3.05) is 18.8 Å². The topological polar surface area (TPSA) is 170 Å². The fraction of sp³-hybridized carbons (Fsp3) is 0.815. The Bertz CT molecular complexity index is 848. The van der Waals surface area contributed by atoms with Crippen LogP contribution in [0.2, 0.25) is 0 Å². The van der Waals surface area contributed by atoms with Gasteiger partial charge in [-0.1, -0.05) is 34.1 Å². The van der Waals surface area contributed by atoms with Crippen molar-refractivity contribution >= 4 is 55.0 Å². The maximum Gasteiger partial charge on any atom is 0.309 e. The molecule has 0 aromatic heterocycles. The van der Waals surface area contributed by atoms with E-state index in [9.17, 15) is 39.3 Å². The molecule has 0 saturated heterocycles. The molecule has 0 saturated carbocycles. The summed E-state index contributed by atoms with van der Waals surface area (Å²) >= 11 is 8.65. The Morgan fingerprint density at radius 1 is 0.846 bits per heavy atom. The van der Waals surface area contributed by atoms with E-state index >= 15 is 0 Å². The van der Waals surface area contributed by atoms with Crippen LogP contribution < -0.4 is 10.6 Å². The van der Waals surface area contributed by atoms with Gasteiger partial charge in [0, 0.05) is 24.8 Å². The molecule has 39 heavy (non-hydrogen) atoms. The average Bonchev–Trinajstić information content (AvgIpc) is 2.78. The van der Waals surface area contributed by atoms with Crippen LogP contribution in [0.15, 0.2) is 0 Å². The van der Waals surface area contributed by atoms with Gasteiger partial charge in [0.25, 0.3) is 0 Å². The number of unbranched alkanes of at least 4 members (excludes halogenated alkanes) is 1. The number of hydrogen-bond donors (Lipinski definition) is 7. The summed E-state index contributed by atoms with van der Waals surface area (Å²) in [5.41, 5.74) is -2.94. The van der Waals surface area contributed by atoms with Gasteiger partial charge >= 0.3 is 17.9 Å². The number of carboxylic acid groups (broad SMARTS) is 3. The number of nitrogens with one attached hydrogen (secondary N) is 2.